The summed E-state index contributed by atoms with van der Waals surface area (Å²) in [5.41, 5.74) is 1.59. The van der Waals surface area contributed by atoms with Crippen LogP contribution in [0.25, 0.3) is 11.5 Å². The van der Waals surface area contributed by atoms with Crippen molar-refractivity contribution in [3.63, 3.8) is 0 Å². The molecule has 1 amide bonds. The molecule has 174 valence electrons. The van der Waals surface area contributed by atoms with E-state index in [2.05, 4.69) is 10.2 Å². The first-order valence-corrected chi connectivity index (χ1v) is 12.2. The average molecular weight is 471 g/mol. The van der Waals surface area contributed by atoms with Crippen molar-refractivity contribution in [3.8, 4) is 17.2 Å². The summed E-state index contributed by atoms with van der Waals surface area (Å²) in [5, 5.41) is 18.1. The Morgan fingerprint density at radius 1 is 1.06 bits per heavy atom. The fourth-order valence-corrected chi connectivity index (χ4v) is 5.34. The SMILES string of the molecule is Cc1ccc(O)c(S(=O)(=O)N2CCN(C(=O)CCCc3nnc(-c4ccccc4)o3)CC2)c1. The summed E-state index contributed by atoms with van der Waals surface area (Å²) < 4.78 is 32.8. The van der Waals surface area contributed by atoms with Crippen LogP contribution in [-0.4, -0.2) is 65.0 Å². The number of hydrogen-bond donors (Lipinski definition) is 1. The third kappa shape index (κ3) is 5.23. The van der Waals surface area contributed by atoms with Crippen molar-refractivity contribution in [1.82, 2.24) is 19.4 Å². The molecule has 10 heteroatoms. The lowest BCUT2D eigenvalue weighted by molar-refractivity contribution is -0.132. The Hall–Kier alpha value is -3.24. The second-order valence-corrected chi connectivity index (χ2v) is 9.88. The van der Waals surface area contributed by atoms with E-state index in [4.69, 9.17) is 4.42 Å². The Morgan fingerprint density at radius 3 is 2.52 bits per heavy atom. The Bertz CT molecular complexity index is 1220. The maximum atomic E-state index is 12.9. The number of aromatic nitrogens is 2. The second-order valence-electron chi connectivity index (χ2n) is 7.98. The van der Waals surface area contributed by atoms with Crippen molar-refractivity contribution in [1.29, 1.82) is 0 Å². The van der Waals surface area contributed by atoms with Crippen LogP contribution in [0.5, 0.6) is 5.75 Å². The number of carbonyl (C=O) groups excluding carboxylic acids is 1. The molecule has 2 aromatic carbocycles. The van der Waals surface area contributed by atoms with Gasteiger partial charge in [-0.05, 0) is 43.2 Å². The zero-order valence-electron chi connectivity index (χ0n) is 18.3. The molecule has 1 aliphatic heterocycles. The number of aryl methyl sites for hydroxylation is 2. The molecule has 1 aliphatic rings. The minimum absolute atomic E-state index is 0.0340. The molecular formula is C23H26N4O5S. The first-order chi connectivity index (χ1) is 15.8. The van der Waals surface area contributed by atoms with Crippen molar-refractivity contribution in [2.75, 3.05) is 26.2 Å². The van der Waals surface area contributed by atoms with Gasteiger partial charge < -0.3 is 14.4 Å². The average Bonchev–Trinajstić information content (AvgIpc) is 3.30. The van der Waals surface area contributed by atoms with Crippen LogP contribution in [0.1, 0.15) is 24.3 Å². The zero-order chi connectivity index (χ0) is 23.4. The number of nitrogens with zero attached hydrogens (tertiary/aromatic N) is 4. The lowest BCUT2D eigenvalue weighted by Crippen LogP contribution is -2.50. The standard InChI is InChI=1S/C23H26N4O5S/c1-17-10-11-19(28)20(16-17)33(30,31)27-14-12-26(13-15-27)22(29)9-5-8-21-24-25-23(32-21)18-6-3-2-4-7-18/h2-4,6-7,10-11,16,28H,5,8-9,12-15H2,1H3. The molecule has 0 bridgehead atoms. The molecule has 2 heterocycles. The molecule has 1 aromatic heterocycles. The van der Waals surface area contributed by atoms with E-state index in [0.29, 0.717) is 44.1 Å². The van der Waals surface area contributed by atoms with Gasteiger partial charge in [0.15, 0.2) is 0 Å². The lowest BCUT2D eigenvalue weighted by Gasteiger charge is -2.34. The van der Waals surface area contributed by atoms with Crippen molar-refractivity contribution in [2.45, 2.75) is 31.1 Å². The zero-order valence-corrected chi connectivity index (χ0v) is 19.2. The number of aromatic hydroxyl groups is 1. The number of phenolic OH excluding ortho intramolecular Hbond substituents is 1. The maximum Gasteiger partial charge on any atom is 0.247 e. The molecule has 0 radical (unpaired) electrons. The van der Waals surface area contributed by atoms with E-state index in [1.165, 1.54) is 16.4 Å². The van der Waals surface area contributed by atoms with Crippen LogP contribution in [0.4, 0.5) is 0 Å². The molecular weight excluding hydrogens is 444 g/mol. The molecule has 4 rings (SSSR count). The molecule has 0 atom stereocenters. The molecule has 1 fully saturated rings. The van der Waals surface area contributed by atoms with E-state index in [9.17, 15) is 18.3 Å². The van der Waals surface area contributed by atoms with Crippen LogP contribution in [0.2, 0.25) is 0 Å². The first-order valence-electron chi connectivity index (χ1n) is 10.8. The third-order valence-electron chi connectivity index (χ3n) is 5.59. The predicted molar refractivity (Wildman–Crippen MR) is 121 cm³/mol. The van der Waals surface area contributed by atoms with Crippen molar-refractivity contribution >= 4 is 15.9 Å². The van der Waals surface area contributed by atoms with Gasteiger partial charge in [-0.15, -0.1) is 10.2 Å². The molecule has 0 aliphatic carbocycles. The summed E-state index contributed by atoms with van der Waals surface area (Å²) in [4.78, 5) is 14.2. The van der Waals surface area contributed by atoms with Gasteiger partial charge in [0.1, 0.15) is 10.6 Å². The van der Waals surface area contributed by atoms with Gasteiger partial charge in [-0.1, -0.05) is 24.3 Å². The molecule has 1 saturated heterocycles. The maximum absolute atomic E-state index is 12.9. The number of benzene rings is 2. The number of carbonyl (C=O) groups is 1. The van der Waals surface area contributed by atoms with Crippen LogP contribution in [-0.2, 0) is 21.2 Å². The van der Waals surface area contributed by atoms with Gasteiger partial charge in [-0.3, -0.25) is 4.79 Å². The van der Waals surface area contributed by atoms with Crippen LogP contribution < -0.4 is 0 Å². The smallest absolute Gasteiger partial charge is 0.247 e. The topological polar surface area (TPSA) is 117 Å². The number of phenols is 1. The molecule has 1 N–H and O–H groups in total. The second kappa shape index (κ2) is 9.72. The highest BCUT2D eigenvalue weighted by Crippen LogP contribution is 2.27. The van der Waals surface area contributed by atoms with Crippen LogP contribution in [0, 0.1) is 6.92 Å². The van der Waals surface area contributed by atoms with Gasteiger partial charge in [0.05, 0.1) is 0 Å². The van der Waals surface area contributed by atoms with Crippen LogP contribution in [0.15, 0.2) is 57.8 Å². The van der Waals surface area contributed by atoms with Crippen molar-refractivity contribution in [3.05, 3.63) is 60.0 Å². The molecule has 0 spiro atoms. The number of amides is 1. The third-order valence-corrected chi connectivity index (χ3v) is 7.52. The van der Waals surface area contributed by atoms with E-state index in [-0.39, 0.29) is 29.6 Å². The number of sulfonamides is 1. The van der Waals surface area contributed by atoms with Crippen molar-refractivity contribution in [2.24, 2.45) is 0 Å². The monoisotopic (exact) mass is 470 g/mol. The first kappa shape index (κ1) is 22.9. The number of rotatable bonds is 7. The number of hydrogen-bond acceptors (Lipinski definition) is 7. The normalized spacial score (nSPS) is 15.0. The van der Waals surface area contributed by atoms with Gasteiger partial charge in [0.2, 0.25) is 27.7 Å². The molecule has 0 unspecified atom stereocenters. The van der Waals surface area contributed by atoms with E-state index in [1.807, 2.05) is 30.3 Å². The highest BCUT2D eigenvalue weighted by molar-refractivity contribution is 7.89. The Kier molecular flexibility index (Phi) is 6.75. The largest absolute Gasteiger partial charge is 0.507 e. The predicted octanol–water partition coefficient (Wildman–Crippen LogP) is 2.61. The summed E-state index contributed by atoms with van der Waals surface area (Å²) >= 11 is 0. The summed E-state index contributed by atoms with van der Waals surface area (Å²) in [6, 6.07) is 14.0. The van der Waals surface area contributed by atoms with Gasteiger partial charge in [0.25, 0.3) is 0 Å². The molecule has 9 nitrogen and oxygen atoms in total. The van der Waals surface area contributed by atoms with E-state index in [0.717, 1.165) is 11.1 Å². The van der Waals surface area contributed by atoms with E-state index in [1.54, 1.807) is 17.9 Å². The Labute approximate surface area is 192 Å². The lowest BCUT2D eigenvalue weighted by atomic mass is 10.2. The van der Waals surface area contributed by atoms with E-state index < -0.39 is 10.0 Å². The quantitative estimate of drug-likeness (QED) is 0.564. The highest BCUT2D eigenvalue weighted by atomic mass is 32.2. The fraction of sp³-hybridized carbons (Fsp3) is 0.348. The Morgan fingerprint density at radius 2 is 1.79 bits per heavy atom. The van der Waals surface area contributed by atoms with E-state index >= 15 is 0 Å². The summed E-state index contributed by atoms with van der Waals surface area (Å²) in [7, 11) is -3.82. The molecule has 3 aromatic rings. The van der Waals surface area contributed by atoms with Crippen molar-refractivity contribution < 1.29 is 22.7 Å². The van der Waals surface area contributed by atoms with Gasteiger partial charge in [0, 0.05) is 44.6 Å². The minimum atomic E-state index is -3.82. The van der Waals surface area contributed by atoms with Crippen LogP contribution in [0.3, 0.4) is 0 Å². The molecule has 33 heavy (non-hydrogen) atoms. The molecule has 0 saturated carbocycles. The highest BCUT2D eigenvalue weighted by Gasteiger charge is 2.31. The van der Waals surface area contributed by atoms with Gasteiger partial charge in [-0.25, -0.2) is 8.42 Å². The minimum Gasteiger partial charge on any atom is -0.507 e. The summed E-state index contributed by atoms with van der Waals surface area (Å²) in [6.45, 7) is 2.76. The van der Waals surface area contributed by atoms with Gasteiger partial charge in [-0.2, -0.15) is 4.31 Å². The summed E-state index contributed by atoms with van der Waals surface area (Å²) in [6.07, 6.45) is 1.37. The Balaban J connectivity index is 1.27. The fourth-order valence-electron chi connectivity index (χ4n) is 3.75. The summed E-state index contributed by atoms with van der Waals surface area (Å²) in [5.74, 6) is 0.633. The van der Waals surface area contributed by atoms with Gasteiger partial charge >= 0.3 is 0 Å². The number of piperazine rings is 1. The van der Waals surface area contributed by atoms with Crippen LogP contribution >= 0.6 is 0 Å².